The lowest BCUT2D eigenvalue weighted by molar-refractivity contribution is -0.161. The van der Waals surface area contributed by atoms with Gasteiger partial charge in [0, 0.05) is 38.2 Å². The van der Waals surface area contributed by atoms with Crippen LogP contribution in [0.3, 0.4) is 0 Å². The van der Waals surface area contributed by atoms with Crippen LogP contribution in [0.1, 0.15) is 44.2 Å². The second-order valence-corrected chi connectivity index (χ2v) is 10.9. The summed E-state index contributed by atoms with van der Waals surface area (Å²) < 4.78 is 5.32. The van der Waals surface area contributed by atoms with Gasteiger partial charge in [-0.25, -0.2) is 0 Å². The Labute approximate surface area is 249 Å². The average molecular weight is 578 g/mol. The average Bonchev–Trinajstić information content (AvgIpc) is 3.06. The van der Waals surface area contributed by atoms with Gasteiger partial charge in [0.2, 0.25) is 17.7 Å². The van der Waals surface area contributed by atoms with Crippen LogP contribution in [0.4, 0.5) is 0 Å². The molecule has 2 fully saturated rings. The lowest BCUT2D eigenvalue weighted by Crippen LogP contribution is -2.63. The van der Waals surface area contributed by atoms with Crippen LogP contribution in [0.15, 0.2) is 72.8 Å². The van der Waals surface area contributed by atoms with E-state index in [1.165, 1.54) is 4.90 Å². The summed E-state index contributed by atoms with van der Waals surface area (Å²) in [6.07, 6.45) is 0.383. The number of amides is 4. The van der Waals surface area contributed by atoms with Gasteiger partial charge in [0.1, 0.15) is 18.6 Å². The number of fused-ring (bicyclic) bond motifs is 2. The molecule has 2 saturated heterocycles. The van der Waals surface area contributed by atoms with Crippen LogP contribution in [0.2, 0.25) is 0 Å². The normalized spacial score (nSPS) is 18.8. The molecule has 3 heterocycles. The maximum atomic E-state index is 13.9. The molecule has 0 spiro atoms. The summed E-state index contributed by atoms with van der Waals surface area (Å²) in [7, 11) is 0. The summed E-state index contributed by atoms with van der Waals surface area (Å²) in [6, 6.07) is 21.6. The third kappa shape index (κ3) is 5.72. The molecule has 2 atom stereocenters. The van der Waals surface area contributed by atoms with Gasteiger partial charge in [-0.15, -0.1) is 0 Å². The Hall–Kier alpha value is -5.01. The fourth-order valence-electron chi connectivity index (χ4n) is 5.94. The molecule has 0 saturated carbocycles. The van der Waals surface area contributed by atoms with Crippen LogP contribution < -0.4 is 5.32 Å². The molecule has 0 bridgehead atoms. The Morgan fingerprint density at radius 2 is 1.63 bits per heavy atom. The monoisotopic (exact) mass is 577 g/mol. The number of piperazine rings is 1. The number of hydrogen-bond acceptors (Lipinski definition) is 6. The minimum absolute atomic E-state index is 0.0626. The van der Waals surface area contributed by atoms with E-state index < -0.39 is 18.0 Å². The van der Waals surface area contributed by atoms with Crippen molar-refractivity contribution in [1.29, 1.82) is 5.26 Å². The Bertz CT molecular complexity index is 1590. The van der Waals surface area contributed by atoms with Crippen molar-refractivity contribution >= 4 is 23.6 Å². The molecule has 6 rings (SSSR count). The van der Waals surface area contributed by atoms with E-state index in [0.29, 0.717) is 56.0 Å². The fraction of sp³-hybridized carbons (Fsp3) is 0.303. The number of carbonyl (C=O) groups is 4. The maximum Gasteiger partial charge on any atom is 0.254 e. The smallest absolute Gasteiger partial charge is 0.254 e. The molecule has 3 aliphatic heterocycles. The lowest BCUT2D eigenvalue weighted by atomic mass is 9.90. The van der Waals surface area contributed by atoms with Crippen molar-refractivity contribution < 1.29 is 23.9 Å². The first-order valence-corrected chi connectivity index (χ1v) is 14.3. The van der Waals surface area contributed by atoms with Gasteiger partial charge in [-0.1, -0.05) is 48.5 Å². The van der Waals surface area contributed by atoms with Crippen molar-refractivity contribution in [3.8, 4) is 6.07 Å². The molecule has 3 aromatic carbocycles. The number of nitrogens with one attached hydrogen (secondary N) is 1. The van der Waals surface area contributed by atoms with Gasteiger partial charge in [0.05, 0.1) is 24.8 Å². The molecule has 3 aromatic rings. The maximum absolute atomic E-state index is 13.9. The molecule has 0 aliphatic carbocycles. The van der Waals surface area contributed by atoms with Gasteiger partial charge in [-0.2, -0.15) is 5.26 Å². The third-order valence-electron chi connectivity index (χ3n) is 8.32. The second kappa shape index (κ2) is 12.1. The summed E-state index contributed by atoms with van der Waals surface area (Å²) in [5, 5.41) is 12.2. The minimum atomic E-state index is -1.06. The number of nitrogens with zero attached hydrogens (tertiary/aromatic N) is 4. The summed E-state index contributed by atoms with van der Waals surface area (Å²) in [6.45, 7) is 2.44. The van der Waals surface area contributed by atoms with Crippen molar-refractivity contribution in [1.82, 2.24) is 20.0 Å². The number of rotatable bonds is 6. The molecule has 0 radical (unpaired) electrons. The molecule has 4 amide bonds. The fourth-order valence-corrected chi connectivity index (χ4v) is 5.94. The van der Waals surface area contributed by atoms with E-state index in [1.807, 2.05) is 24.3 Å². The molecule has 218 valence electrons. The number of benzene rings is 3. The van der Waals surface area contributed by atoms with Crippen molar-refractivity contribution in [2.75, 3.05) is 32.8 Å². The van der Waals surface area contributed by atoms with Crippen molar-refractivity contribution in [3.05, 3.63) is 106 Å². The van der Waals surface area contributed by atoms with E-state index in [2.05, 4.69) is 11.4 Å². The van der Waals surface area contributed by atoms with Crippen molar-refractivity contribution in [2.24, 2.45) is 0 Å². The van der Waals surface area contributed by atoms with E-state index >= 15 is 0 Å². The quantitative estimate of drug-likeness (QED) is 0.479. The highest BCUT2D eigenvalue weighted by atomic mass is 16.5. The van der Waals surface area contributed by atoms with Gasteiger partial charge in [0.25, 0.3) is 5.91 Å². The first-order valence-electron chi connectivity index (χ1n) is 14.3. The number of morpholine rings is 1. The third-order valence-corrected chi connectivity index (χ3v) is 8.32. The van der Waals surface area contributed by atoms with Crippen LogP contribution in [-0.4, -0.2) is 77.2 Å². The zero-order valence-corrected chi connectivity index (χ0v) is 23.6. The minimum Gasteiger partial charge on any atom is -0.378 e. The molecular weight excluding hydrogens is 546 g/mol. The van der Waals surface area contributed by atoms with Crippen molar-refractivity contribution in [3.63, 3.8) is 0 Å². The number of nitriles is 1. The standard InChI is InChI=1S/C33H31N5O5/c34-18-22-5-9-24(10-6-22)30(38-21-29(39)37-20-27-4-2-1-3-26(27)17-28(37)33(38)42)31(40)35-19-23-7-11-25(12-8-23)32(41)36-13-15-43-16-14-36/h1-12,28,30H,13-17,19-21H2,(H,35,40)/t28-,30?/m0/s1. The van der Waals surface area contributed by atoms with E-state index in [9.17, 15) is 24.4 Å². The van der Waals surface area contributed by atoms with Crippen LogP contribution in [0, 0.1) is 11.3 Å². The van der Waals surface area contributed by atoms with Crippen LogP contribution in [-0.2, 0) is 38.6 Å². The lowest BCUT2D eigenvalue weighted by Gasteiger charge is -2.45. The topological polar surface area (TPSA) is 123 Å². The van der Waals surface area contributed by atoms with Crippen LogP contribution in [0.5, 0.6) is 0 Å². The SMILES string of the molecule is N#Cc1ccc(C(C(=O)NCc2ccc(C(=O)N3CCOCC3)cc2)N2CC(=O)N3Cc4ccccc4C[C@H]3C2=O)cc1. The Kier molecular flexibility index (Phi) is 7.90. The summed E-state index contributed by atoms with van der Waals surface area (Å²) in [5.74, 6) is -1.01. The van der Waals surface area contributed by atoms with Crippen LogP contribution >= 0.6 is 0 Å². The number of ether oxygens (including phenoxy) is 1. The number of carbonyl (C=O) groups excluding carboxylic acids is 4. The summed E-state index contributed by atoms with van der Waals surface area (Å²) in [4.78, 5) is 58.6. The first kappa shape index (κ1) is 28.1. The second-order valence-electron chi connectivity index (χ2n) is 10.9. The molecule has 1 unspecified atom stereocenters. The molecule has 43 heavy (non-hydrogen) atoms. The van der Waals surface area contributed by atoms with E-state index in [4.69, 9.17) is 4.74 Å². The molecule has 1 N–H and O–H groups in total. The van der Waals surface area contributed by atoms with Gasteiger partial charge >= 0.3 is 0 Å². The largest absolute Gasteiger partial charge is 0.378 e. The van der Waals surface area contributed by atoms with Gasteiger partial charge in [-0.3, -0.25) is 19.2 Å². The van der Waals surface area contributed by atoms with Crippen LogP contribution in [0.25, 0.3) is 0 Å². The zero-order chi connectivity index (χ0) is 29.9. The molecule has 0 aromatic heterocycles. The molecule has 3 aliphatic rings. The predicted molar refractivity (Wildman–Crippen MR) is 155 cm³/mol. The Morgan fingerprint density at radius 3 is 2.33 bits per heavy atom. The van der Waals surface area contributed by atoms with Gasteiger partial charge in [0.15, 0.2) is 0 Å². The zero-order valence-electron chi connectivity index (χ0n) is 23.6. The first-order chi connectivity index (χ1) is 20.9. The molecule has 10 nitrogen and oxygen atoms in total. The molecule has 10 heteroatoms. The van der Waals surface area contributed by atoms with Gasteiger partial charge in [-0.05, 0) is 46.5 Å². The van der Waals surface area contributed by atoms with Crippen molar-refractivity contribution in [2.45, 2.75) is 31.6 Å². The predicted octanol–water partition coefficient (Wildman–Crippen LogP) is 2.18. The van der Waals surface area contributed by atoms with E-state index in [-0.39, 0.29) is 30.8 Å². The Balaban J connectivity index is 1.21. The Morgan fingerprint density at radius 1 is 0.930 bits per heavy atom. The highest BCUT2D eigenvalue weighted by molar-refractivity contribution is 5.99. The van der Waals surface area contributed by atoms with E-state index in [0.717, 1.165) is 16.7 Å². The highest BCUT2D eigenvalue weighted by Crippen LogP contribution is 2.32. The highest BCUT2D eigenvalue weighted by Gasteiger charge is 2.46. The number of hydrogen-bond donors (Lipinski definition) is 1. The van der Waals surface area contributed by atoms with Gasteiger partial charge < -0.3 is 24.8 Å². The summed E-state index contributed by atoms with van der Waals surface area (Å²) >= 11 is 0. The van der Waals surface area contributed by atoms with E-state index in [1.54, 1.807) is 58.3 Å². The molecular formula is C33H31N5O5. The summed E-state index contributed by atoms with van der Waals surface area (Å²) in [5.41, 5.74) is 4.30.